The summed E-state index contributed by atoms with van der Waals surface area (Å²) in [6.45, 7) is 2.05. The molecule has 0 spiro atoms. The fourth-order valence-corrected chi connectivity index (χ4v) is 2.65. The molecule has 130 valence electrons. The van der Waals surface area contributed by atoms with Crippen LogP contribution in [0.3, 0.4) is 0 Å². The van der Waals surface area contributed by atoms with E-state index in [1.807, 2.05) is 0 Å². The summed E-state index contributed by atoms with van der Waals surface area (Å²) >= 11 is 0. The van der Waals surface area contributed by atoms with Gasteiger partial charge in [0.15, 0.2) is 5.65 Å². The number of benzene rings is 1. The number of rotatable bonds is 3. The van der Waals surface area contributed by atoms with Crippen LogP contribution in [0.5, 0.6) is 0 Å². The zero-order chi connectivity index (χ0) is 18.1. The summed E-state index contributed by atoms with van der Waals surface area (Å²) in [6.07, 6.45) is 3.04. The molecule has 1 amide bonds. The lowest BCUT2D eigenvalue weighted by molar-refractivity contribution is 0.219. The molecule has 2 aromatic heterocycles. The first-order chi connectivity index (χ1) is 11.9. The van der Waals surface area contributed by atoms with Crippen LogP contribution in [0.4, 0.5) is 4.79 Å². The first-order valence-electron chi connectivity index (χ1n) is 8.09. The molecule has 0 radical (unpaired) electrons. The van der Waals surface area contributed by atoms with Crippen molar-refractivity contribution in [3.8, 4) is 0 Å². The van der Waals surface area contributed by atoms with Crippen molar-refractivity contribution in [1.82, 2.24) is 24.0 Å². The van der Waals surface area contributed by atoms with Gasteiger partial charge in [-0.25, -0.2) is 19.6 Å². The molecule has 25 heavy (non-hydrogen) atoms. The number of hydrogen-bond acceptors (Lipinski definition) is 4. The van der Waals surface area contributed by atoms with Crippen LogP contribution >= 0.6 is 0 Å². The smallest absolute Gasteiger partial charge is 0.330 e. The van der Waals surface area contributed by atoms with E-state index in [0.717, 1.165) is 11.0 Å². The standard InChI is InChI=1S/C18H21N5O2/c1-12-5-7-13(8-6-12)9-10-15-19-11-14-16(20-15)23(17(24)21(2)3)18(25)22(14)4/h5-8,11H,9-10H2,1-4H3. The fourth-order valence-electron chi connectivity index (χ4n) is 2.65. The van der Waals surface area contributed by atoms with Gasteiger partial charge in [-0.3, -0.25) is 4.57 Å². The summed E-state index contributed by atoms with van der Waals surface area (Å²) < 4.78 is 2.48. The van der Waals surface area contributed by atoms with E-state index in [4.69, 9.17) is 0 Å². The van der Waals surface area contributed by atoms with E-state index in [1.54, 1.807) is 27.3 Å². The van der Waals surface area contributed by atoms with Crippen LogP contribution in [0.15, 0.2) is 35.3 Å². The number of nitrogens with zero attached hydrogens (tertiary/aromatic N) is 5. The van der Waals surface area contributed by atoms with E-state index < -0.39 is 11.7 Å². The Hall–Kier alpha value is -2.96. The van der Waals surface area contributed by atoms with E-state index in [0.29, 0.717) is 23.4 Å². The Labute approximate surface area is 145 Å². The first kappa shape index (κ1) is 16.9. The van der Waals surface area contributed by atoms with Gasteiger partial charge < -0.3 is 4.90 Å². The Morgan fingerprint density at radius 2 is 1.84 bits per heavy atom. The Bertz CT molecular complexity index is 983. The van der Waals surface area contributed by atoms with Crippen molar-refractivity contribution in [2.75, 3.05) is 14.1 Å². The minimum Gasteiger partial charge on any atom is -0.330 e. The predicted octanol–water partition coefficient (Wildman–Crippen LogP) is 1.75. The molecule has 0 N–H and O–H groups in total. The number of carbonyl (C=O) groups excluding carboxylic acids is 1. The van der Waals surface area contributed by atoms with Gasteiger partial charge in [-0.05, 0) is 18.9 Å². The second-order valence-electron chi connectivity index (χ2n) is 6.33. The minimum atomic E-state index is -0.418. The highest BCUT2D eigenvalue weighted by atomic mass is 16.2. The Balaban J connectivity index is 1.95. The van der Waals surface area contributed by atoms with Gasteiger partial charge >= 0.3 is 11.7 Å². The van der Waals surface area contributed by atoms with Crippen molar-refractivity contribution in [2.24, 2.45) is 7.05 Å². The second-order valence-corrected chi connectivity index (χ2v) is 6.33. The third-order valence-corrected chi connectivity index (χ3v) is 4.18. The van der Waals surface area contributed by atoms with E-state index in [9.17, 15) is 9.59 Å². The molecule has 0 saturated heterocycles. The van der Waals surface area contributed by atoms with E-state index in [1.165, 1.54) is 20.6 Å². The zero-order valence-corrected chi connectivity index (χ0v) is 14.9. The quantitative estimate of drug-likeness (QED) is 0.729. The van der Waals surface area contributed by atoms with Crippen LogP contribution in [-0.2, 0) is 19.9 Å². The number of aromatic nitrogens is 4. The molecule has 3 rings (SSSR count). The number of amides is 1. The van der Waals surface area contributed by atoms with Gasteiger partial charge in [-0.1, -0.05) is 29.8 Å². The van der Waals surface area contributed by atoms with Crippen molar-refractivity contribution in [1.29, 1.82) is 0 Å². The van der Waals surface area contributed by atoms with Gasteiger partial charge in [0, 0.05) is 27.6 Å². The average Bonchev–Trinajstić information content (AvgIpc) is 2.84. The molecule has 0 aliphatic carbocycles. The van der Waals surface area contributed by atoms with Gasteiger partial charge in [0.25, 0.3) is 0 Å². The van der Waals surface area contributed by atoms with Crippen molar-refractivity contribution in [2.45, 2.75) is 19.8 Å². The maximum Gasteiger partial charge on any atom is 0.338 e. The highest BCUT2D eigenvalue weighted by molar-refractivity contribution is 5.86. The minimum absolute atomic E-state index is 0.347. The molecule has 7 heteroatoms. The van der Waals surface area contributed by atoms with Crippen LogP contribution in [0, 0.1) is 6.92 Å². The summed E-state index contributed by atoms with van der Waals surface area (Å²) in [4.78, 5) is 34.9. The monoisotopic (exact) mass is 339 g/mol. The van der Waals surface area contributed by atoms with Crippen LogP contribution in [0.2, 0.25) is 0 Å². The third kappa shape index (κ3) is 3.17. The van der Waals surface area contributed by atoms with Crippen molar-refractivity contribution in [3.63, 3.8) is 0 Å². The highest BCUT2D eigenvalue weighted by Gasteiger charge is 2.20. The Morgan fingerprint density at radius 1 is 1.16 bits per heavy atom. The van der Waals surface area contributed by atoms with Gasteiger partial charge in [-0.15, -0.1) is 0 Å². The molecule has 7 nitrogen and oxygen atoms in total. The van der Waals surface area contributed by atoms with Crippen LogP contribution in [-0.4, -0.2) is 44.1 Å². The van der Waals surface area contributed by atoms with Crippen molar-refractivity contribution >= 4 is 17.2 Å². The third-order valence-electron chi connectivity index (χ3n) is 4.18. The Kier molecular flexibility index (Phi) is 4.39. The number of hydrogen-bond donors (Lipinski definition) is 0. The topological polar surface area (TPSA) is 73.0 Å². The van der Waals surface area contributed by atoms with Crippen molar-refractivity contribution < 1.29 is 4.79 Å². The molecule has 0 saturated carbocycles. The van der Waals surface area contributed by atoms with Crippen molar-refractivity contribution in [3.05, 3.63) is 57.9 Å². The van der Waals surface area contributed by atoms with Gasteiger partial charge in [0.1, 0.15) is 11.3 Å². The molecule has 1 aromatic carbocycles. The lowest BCUT2D eigenvalue weighted by atomic mass is 10.1. The molecule has 2 heterocycles. The predicted molar refractivity (Wildman–Crippen MR) is 95.8 cm³/mol. The van der Waals surface area contributed by atoms with Gasteiger partial charge in [0.05, 0.1) is 6.20 Å². The second kappa shape index (κ2) is 6.51. The zero-order valence-electron chi connectivity index (χ0n) is 14.9. The highest BCUT2D eigenvalue weighted by Crippen LogP contribution is 2.12. The maximum absolute atomic E-state index is 12.4. The van der Waals surface area contributed by atoms with E-state index >= 15 is 0 Å². The summed E-state index contributed by atoms with van der Waals surface area (Å²) in [7, 11) is 4.82. The molecule has 0 atom stereocenters. The number of imidazole rings is 1. The van der Waals surface area contributed by atoms with Gasteiger partial charge in [-0.2, -0.15) is 4.57 Å². The molecular weight excluding hydrogens is 318 g/mol. The number of fused-ring (bicyclic) bond motifs is 1. The summed E-state index contributed by atoms with van der Waals surface area (Å²) in [5.41, 5.74) is 2.89. The molecule has 0 aliphatic rings. The van der Waals surface area contributed by atoms with E-state index in [2.05, 4.69) is 41.2 Å². The molecule has 0 aliphatic heterocycles. The number of aryl methyl sites for hydroxylation is 4. The Morgan fingerprint density at radius 3 is 2.48 bits per heavy atom. The molecule has 0 bridgehead atoms. The largest absolute Gasteiger partial charge is 0.338 e. The molecular formula is C18H21N5O2. The summed E-state index contributed by atoms with van der Waals surface area (Å²) in [5, 5.41) is 0. The van der Waals surface area contributed by atoms with Crippen LogP contribution in [0.1, 0.15) is 17.0 Å². The fraction of sp³-hybridized carbons (Fsp3) is 0.333. The summed E-state index contributed by atoms with van der Waals surface area (Å²) in [6, 6.07) is 7.90. The first-order valence-corrected chi connectivity index (χ1v) is 8.09. The van der Waals surface area contributed by atoms with Crippen LogP contribution in [0.25, 0.3) is 11.2 Å². The maximum atomic E-state index is 12.4. The lowest BCUT2D eigenvalue weighted by Gasteiger charge is -2.10. The summed E-state index contributed by atoms with van der Waals surface area (Å²) in [5.74, 6) is 0.610. The number of carbonyl (C=O) groups is 1. The molecule has 3 aromatic rings. The van der Waals surface area contributed by atoms with Crippen LogP contribution < -0.4 is 5.69 Å². The van der Waals surface area contributed by atoms with E-state index in [-0.39, 0.29) is 0 Å². The average molecular weight is 339 g/mol. The SMILES string of the molecule is Cc1ccc(CCc2ncc3c(n2)n(C(=O)N(C)C)c(=O)n3C)cc1. The lowest BCUT2D eigenvalue weighted by Crippen LogP contribution is -2.35. The molecule has 0 unspecified atom stereocenters. The van der Waals surface area contributed by atoms with Gasteiger partial charge in [0.2, 0.25) is 0 Å². The normalized spacial score (nSPS) is 11.0. The molecule has 0 fully saturated rings.